The smallest absolute Gasteiger partial charge is 0.264 e. The van der Waals surface area contributed by atoms with Gasteiger partial charge >= 0.3 is 0 Å². The van der Waals surface area contributed by atoms with Crippen molar-refractivity contribution in [1.82, 2.24) is 10.2 Å². The normalized spacial score (nSPS) is 12.7. The van der Waals surface area contributed by atoms with Crippen LogP contribution in [0.1, 0.15) is 50.3 Å². The molecule has 2 amide bonds. The average Bonchev–Trinajstić information content (AvgIpc) is 2.97. The molecular weight excluding hydrogens is 574 g/mol. The van der Waals surface area contributed by atoms with Crippen LogP contribution >= 0.6 is 11.6 Å². The molecule has 10 heteroatoms. The summed E-state index contributed by atoms with van der Waals surface area (Å²) < 4.78 is 34.6. The van der Waals surface area contributed by atoms with Gasteiger partial charge in [0.15, 0.2) is 0 Å². The van der Waals surface area contributed by atoms with Crippen LogP contribution in [0.2, 0.25) is 5.02 Å². The summed E-state index contributed by atoms with van der Waals surface area (Å²) in [6.07, 6.45) is 1.06. The van der Waals surface area contributed by atoms with Crippen molar-refractivity contribution in [2.45, 2.75) is 71.0 Å². The second-order valence-corrected chi connectivity index (χ2v) is 12.7. The van der Waals surface area contributed by atoms with Crippen molar-refractivity contribution in [1.29, 1.82) is 0 Å². The fourth-order valence-corrected chi connectivity index (χ4v) is 6.17. The average molecular weight is 614 g/mol. The summed E-state index contributed by atoms with van der Waals surface area (Å²) in [6, 6.07) is 17.7. The lowest BCUT2D eigenvalue weighted by Gasteiger charge is -2.34. The number of nitrogens with one attached hydrogen (secondary N) is 1. The van der Waals surface area contributed by atoms with Gasteiger partial charge in [0, 0.05) is 17.6 Å². The maximum absolute atomic E-state index is 14.2. The quantitative estimate of drug-likeness (QED) is 0.260. The summed E-state index contributed by atoms with van der Waals surface area (Å²) in [5, 5.41) is 3.31. The number of aryl methyl sites for hydroxylation is 2. The van der Waals surface area contributed by atoms with Gasteiger partial charge in [-0.3, -0.25) is 13.9 Å². The fraction of sp³-hybridized carbons (Fsp3) is 0.375. The van der Waals surface area contributed by atoms with E-state index in [2.05, 4.69) is 5.32 Å². The lowest BCUT2D eigenvalue weighted by atomic mass is 10.1. The topological polar surface area (TPSA) is 96.0 Å². The highest BCUT2D eigenvalue weighted by atomic mass is 35.5. The highest BCUT2D eigenvalue weighted by Crippen LogP contribution is 2.30. The summed E-state index contributed by atoms with van der Waals surface area (Å²) >= 11 is 6.31. The SMILES string of the molecule is CC[C@H](C(=O)N[C@@H](C)CC)N(Cc1cccc(OC)c1)C(=O)CN(c1cc(Cl)ccc1C)S(=O)(=O)c1ccc(C)cc1. The van der Waals surface area contributed by atoms with Crippen molar-refractivity contribution in [3.05, 3.63) is 88.4 Å². The Morgan fingerprint density at radius 2 is 1.67 bits per heavy atom. The Kier molecular flexibility index (Phi) is 11.4. The first-order chi connectivity index (χ1) is 19.9. The van der Waals surface area contributed by atoms with E-state index in [0.717, 1.165) is 21.9 Å². The molecule has 0 fully saturated rings. The van der Waals surface area contributed by atoms with Gasteiger partial charge in [-0.15, -0.1) is 0 Å². The second-order valence-electron chi connectivity index (χ2n) is 10.4. The number of amides is 2. The van der Waals surface area contributed by atoms with Crippen molar-refractivity contribution in [3.8, 4) is 5.75 Å². The van der Waals surface area contributed by atoms with Crippen LogP contribution in [0.5, 0.6) is 5.75 Å². The Hall–Kier alpha value is -3.56. The van der Waals surface area contributed by atoms with Crippen LogP contribution in [0.4, 0.5) is 5.69 Å². The number of nitrogens with zero attached hydrogens (tertiary/aromatic N) is 2. The number of halogens is 1. The fourth-order valence-electron chi connectivity index (χ4n) is 4.53. The van der Waals surface area contributed by atoms with Crippen molar-refractivity contribution in [2.75, 3.05) is 18.0 Å². The lowest BCUT2D eigenvalue weighted by Crippen LogP contribution is -2.53. The molecule has 0 aromatic heterocycles. The Labute approximate surface area is 254 Å². The third kappa shape index (κ3) is 8.04. The Morgan fingerprint density at radius 3 is 2.29 bits per heavy atom. The first kappa shape index (κ1) is 32.9. The van der Waals surface area contributed by atoms with Gasteiger partial charge < -0.3 is 15.0 Å². The number of anilines is 1. The van der Waals surface area contributed by atoms with Gasteiger partial charge in [0.1, 0.15) is 18.3 Å². The van der Waals surface area contributed by atoms with Crippen molar-refractivity contribution >= 4 is 39.1 Å². The molecule has 0 radical (unpaired) electrons. The van der Waals surface area contributed by atoms with Gasteiger partial charge in [0.2, 0.25) is 11.8 Å². The number of benzene rings is 3. The third-order valence-electron chi connectivity index (χ3n) is 7.20. The zero-order valence-corrected chi connectivity index (χ0v) is 26.6. The maximum atomic E-state index is 14.2. The van der Waals surface area contributed by atoms with Gasteiger partial charge in [-0.2, -0.15) is 0 Å². The number of carbonyl (C=O) groups excluding carboxylic acids is 2. The molecular formula is C32H40ClN3O5S. The molecule has 0 heterocycles. The first-order valence-corrected chi connectivity index (χ1v) is 15.8. The molecule has 0 unspecified atom stereocenters. The Morgan fingerprint density at radius 1 is 0.976 bits per heavy atom. The second kappa shape index (κ2) is 14.6. The summed E-state index contributed by atoms with van der Waals surface area (Å²) in [6.45, 7) is 8.86. The molecule has 0 saturated heterocycles. The Bertz CT molecular complexity index is 1490. The van der Waals surface area contributed by atoms with E-state index in [1.807, 2.05) is 33.8 Å². The number of methoxy groups -OCH3 is 1. The van der Waals surface area contributed by atoms with E-state index in [0.29, 0.717) is 22.8 Å². The summed E-state index contributed by atoms with van der Waals surface area (Å²) in [5.74, 6) is -0.218. The molecule has 3 rings (SSSR count). The van der Waals surface area contributed by atoms with E-state index >= 15 is 0 Å². The number of ether oxygens (including phenoxy) is 1. The van der Waals surface area contributed by atoms with Crippen LogP contribution in [0.3, 0.4) is 0 Å². The number of rotatable bonds is 13. The molecule has 1 N–H and O–H groups in total. The first-order valence-electron chi connectivity index (χ1n) is 14.0. The third-order valence-corrected chi connectivity index (χ3v) is 9.21. The van der Waals surface area contributed by atoms with Crippen LogP contribution in [-0.4, -0.2) is 50.9 Å². The monoisotopic (exact) mass is 613 g/mol. The molecule has 226 valence electrons. The molecule has 0 aliphatic carbocycles. The van der Waals surface area contributed by atoms with Gasteiger partial charge in [-0.25, -0.2) is 8.42 Å². The van der Waals surface area contributed by atoms with Crippen LogP contribution in [0, 0.1) is 13.8 Å². The molecule has 3 aromatic rings. The van der Waals surface area contributed by atoms with Gasteiger partial charge in [-0.1, -0.05) is 61.3 Å². The molecule has 2 atom stereocenters. The highest BCUT2D eigenvalue weighted by Gasteiger charge is 2.34. The van der Waals surface area contributed by atoms with Crippen LogP contribution in [-0.2, 0) is 26.2 Å². The molecule has 0 spiro atoms. The number of sulfonamides is 1. The van der Waals surface area contributed by atoms with Crippen molar-refractivity contribution in [2.24, 2.45) is 0 Å². The van der Waals surface area contributed by atoms with Gasteiger partial charge in [-0.05, 0) is 81.1 Å². The maximum Gasteiger partial charge on any atom is 0.264 e. The van der Waals surface area contributed by atoms with E-state index in [9.17, 15) is 18.0 Å². The molecule has 0 aliphatic rings. The molecule has 42 heavy (non-hydrogen) atoms. The number of hydrogen-bond donors (Lipinski definition) is 1. The van der Waals surface area contributed by atoms with E-state index in [-0.39, 0.29) is 29.1 Å². The van der Waals surface area contributed by atoms with E-state index in [1.54, 1.807) is 56.5 Å². The van der Waals surface area contributed by atoms with E-state index < -0.39 is 28.5 Å². The number of carbonyl (C=O) groups is 2. The molecule has 0 aliphatic heterocycles. The standard InChI is InChI=1S/C32H40ClN3O5S/c1-7-24(5)34-32(38)29(8-2)35(20-25-10-9-11-27(18-25)41-6)31(37)21-36(30-19-26(33)15-14-23(30)4)42(39,40)28-16-12-22(3)13-17-28/h9-19,24,29H,7-8,20-21H2,1-6H3,(H,34,38)/t24-,29+/m0/s1. The van der Waals surface area contributed by atoms with Crippen LogP contribution < -0.4 is 14.4 Å². The molecule has 3 aromatic carbocycles. The molecule has 8 nitrogen and oxygen atoms in total. The van der Waals surface area contributed by atoms with Crippen molar-refractivity contribution in [3.63, 3.8) is 0 Å². The minimum Gasteiger partial charge on any atom is -0.497 e. The minimum absolute atomic E-state index is 0.0428. The van der Waals surface area contributed by atoms with Crippen molar-refractivity contribution < 1.29 is 22.7 Å². The van der Waals surface area contributed by atoms with Crippen LogP contribution in [0.15, 0.2) is 71.6 Å². The predicted molar refractivity (Wildman–Crippen MR) is 167 cm³/mol. The van der Waals surface area contributed by atoms with E-state index in [1.165, 1.54) is 23.1 Å². The Balaban J connectivity index is 2.11. The minimum atomic E-state index is -4.19. The van der Waals surface area contributed by atoms with E-state index in [4.69, 9.17) is 16.3 Å². The highest BCUT2D eigenvalue weighted by molar-refractivity contribution is 7.92. The largest absolute Gasteiger partial charge is 0.497 e. The molecule has 0 saturated carbocycles. The zero-order chi connectivity index (χ0) is 31.0. The molecule has 0 bridgehead atoms. The predicted octanol–water partition coefficient (Wildman–Crippen LogP) is 5.88. The van der Waals surface area contributed by atoms with Gasteiger partial charge in [0.05, 0.1) is 17.7 Å². The summed E-state index contributed by atoms with van der Waals surface area (Å²) in [5.41, 5.74) is 2.56. The lowest BCUT2D eigenvalue weighted by molar-refractivity contribution is -0.140. The van der Waals surface area contributed by atoms with Gasteiger partial charge in [0.25, 0.3) is 10.0 Å². The zero-order valence-electron chi connectivity index (χ0n) is 25.1. The number of hydrogen-bond acceptors (Lipinski definition) is 5. The van der Waals surface area contributed by atoms with Crippen LogP contribution in [0.25, 0.3) is 0 Å². The summed E-state index contributed by atoms with van der Waals surface area (Å²) in [4.78, 5) is 29.2. The summed E-state index contributed by atoms with van der Waals surface area (Å²) in [7, 11) is -2.64.